The summed E-state index contributed by atoms with van der Waals surface area (Å²) in [6.07, 6.45) is 0. The van der Waals surface area contributed by atoms with E-state index in [2.05, 4.69) is 10.6 Å². The van der Waals surface area contributed by atoms with Crippen LogP contribution in [0, 0.1) is 0 Å². The molecule has 1 atom stereocenters. The molecule has 2 aromatic carbocycles. The van der Waals surface area contributed by atoms with Crippen LogP contribution >= 0.6 is 11.6 Å². The molecule has 0 unspecified atom stereocenters. The Bertz CT molecular complexity index is 847. The van der Waals surface area contributed by atoms with Gasteiger partial charge in [0.2, 0.25) is 0 Å². The van der Waals surface area contributed by atoms with Gasteiger partial charge < -0.3 is 15.7 Å². The molecule has 122 valence electrons. The van der Waals surface area contributed by atoms with Crippen LogP contribution in [0.4, 0.5) is 4.79 Å². The van der Waals surface area contributed by atoms with Gasteiger partial charge in [-0.15, -0.1) is 0 Å². The zero-order chi connectivity index (χ0) is 17.3. The minimum atomic E-state index is -0.649. The highest BCUT2D eigenvalue weighted by Gasteiger charge is 2.31. The Balaban J connectivity index is 2.18. The standard InChI is InChI=1S/C18H15ClN2O3/c1-10(22)15-16(11-5-3-2-4-6-11)20-18(24)21-17(15)12-7-8-14(23)13(19)9-12/h2-9,17,23H,1H3,(H2,20,21,24)/t17-/m1/s1. The molecule has 0 aliphatic carbocycles. The Morgan fingerprint density at radius 1 is 1.17 bits per heavy atom. The number of urea groups is 1. The van der Waals surface area contributed by atoms with Crippen LogP contribution in [-0.2, 0) is 4.79 Å². The van der Waals surface area contributed by atoms with E-state index < -0.39 is 12.1 Å². The summed E-state index contributed by atoms with van der Waals surface area (Å²) in [5.41, 5.74) is 2.27. The SMILES string of the molecule is CC(=O)C1=C(c2ccccc2)NC(=O)N[C@@H]1c1ccc(O)c(Cl)c1. The first-order valence-electron chi connectivity index (χ1n) is 7.34. The number of carbonyl (C=O) groups is 2. The highest BCUT2D eigenvalue weighted by atomic mass is 35.5. The number of ketones is 1. The lowest BCUT2D eigenvalue weighted by atomic mass is 9.90. The van der Waals surface area contributed by atoms with Gasteiger partial charge >= 0.3 is 6.03 Å². The maximum absolute atomic E-state index is 12.3. The van der Waals surface area contributed by atoms with Crippen molar-refractivity contribution in [3.8, 4) is 5.75 Å². The van der Waals surface area contributed by atoms with Crippen LogP contribution < -0.4 is 10.6 Å². The normalized spacial score (nSPS) is 17.2. The van der Waals surface area contributed by atoms with Gasteiger partial charge in [0.15, 0.2) is 5.78 Å². The van der Waals surface area contributed by atoms with Crippen molar-refractivity contribution in [1.82, 2.24) is 10.6 Å². The quantitative estimate of drug-likeness (QED) is 0.800. The molecule has 2 aromatic rings. The van der Waals surface area contributed by atoms with Crippen LogP contribution in [0.1, 0.15) is 24.1 Å². The number of phenols is 1. The molecule has 0 radical (unpaired) electrons. The number of halogens is 1. The van der Waals surface area contributed by atoms with Crippen molar-refractivity contribution in [3.63, 3.8) is 0 Å². The Labute approximate surface area is 144 Å². The second-order valence-corrected chi connectivity index (χ2v) is 5.86. The Hall–Kier alpha value is -2.79. The van der Waals surface area contributed by atoms with E-state index in [1.165, 1.54) is 13.0 Å². The molecule has 24 heavy (non-hydrogen) atoms. The van der Waals surface area contributed by atoms with Crippen molar-refractivity contribution in [2.75, 3.05) is 0 Å². The van der Waals surface area contributed by atoms with Gasteiger partial charge in [-0.1, -0.05) is 48.0 Å². The third-order valence-corrected chi connectivity index (χ3v) is 4.12. The van der Waals surface area contributed by atoms with Gasteiger partial charge in [-0.2, -0.15) is 0 Å². The first-order valence-corrected chi connectivity index (χ1v) is 7.71. The summed E-state index contributed by atoms with van der Waals surface area (Å²) < 4.78 is 0. The van der Waals surface area contributed by atoms with Gasteiger partial charge in [-0.3, -0.25) is 4.79 Å². The highest BCUT2D eigenvalue weighted by molar-refractivity contribution is 6.32. The van der Waals surface area contributed by atoms with Crippen LogP contribution in [0.2, 0.25) is 5.02 Å². The van der Waals surface area contributed by atoms with Gasteiger partial charge in [0.25, 0.3) is 0 Å². The van der Waals surface area contributed by atoms with Crippen LogP contribution in [0.3, 0.4) is 0 Å². The lowest BCUT2D eigenvalue weighted by Crippen LogP contribution is -2.44. The summed E-state index contributed by atoms with van der Waals surface area (Å²) in [4.78, 5) is 24.4. The molecule has 1 aliphatic rings. The molecule has 0 aromatic heterocycles. The minimum Gasteiger partial charge on any atom is -0.506 e. The lowest BCUT2D eigenvalue weighted by Gasteiger charge is -2.29. The number of aromatic hydroxyl groups is 1. The predicted octanol–water partition coefficient (Wildman–Crippen LogP) is 3.40. The average Bonchev–Trinajstić information content (AvgIpc) is 2.57. The Morgan fingerprint density at radius 2 is 1.88 bits per heavy atom. The van der Waals surface area contributed by atoms with Crippen molar-refractivity contribution in [1.29, 1.82) is 0 Å². The van der Waals surface area contributed by atoms with E-state index in [-0.39, 0.29) is 16.6 Å². The van der Waals surface area contributed by atoms with E-state index in [0.29, 0.717) is 16.8 Å². The molecule has 0 saturated heterocycles. The van der Waals surface area contributed by atoms with E-state index in [9.17, 15) is 14.7 Å². The fourth-order valence-electron chi connectivity index (χ4n) is 2.73. The summed E-state index contributed by atoms with van der Waals surface area (Å²) in [6.45, 7) is 1.45. The first kappa shape index (κ1) is 16.1. The summed E-state index contributed by atoms with van der Waals surface area (Å²) >= 11 is 5.97. The molecule has 1 heterocycles. The van der Waals surface area contributed by atoms with E-state index in [4.69, 9.17) is 11.6 Å². The number of nitrogens with one attached hydrogen (secondary N) is 2. The molecule has 0 saturated carbocycles. The van der Waals surface area contributed by atoms with Crippen LogP contribution in [0.5, 0.6) is 5.75 Å². The molecule has 0 fully saturated rings. The summed E-state index contributed by atoms with van der Waals surface area (Å²) in [6, 6.07) is 12.7. The van der Waals surface area contributed by atoms with Gasteiger partial charge in [0.1, 0.15) is 5.75 Å². The predicted molar refractivity (Wildman–Crippen MR) is 91.6 cm³/mol. The number of hydrogen-bond donors (Lipinski definition) is 3. The fourth-order valence-corrected chi connectivity index (χ4v) is 2.92. The molecule has 0 bridgehead atoms. The smallest absolute Gasteiger partial charge is 0.320 e. The zero-order valence-electron chi connectivity index (χ0n) is 12.8. The van der Waals surface area contributed by atoms with Gasteiger partial charge in [-0.25, -0.2) is 4.79 Å². The molecule has 1 aliphatic heterocycles. The monoisotopic (exact) mass is 342 g/mol. The van der Waals surface area contributed by atoms with Gasteiger partial charge in [0, 0.05) is 5.57 Å². The fraction of sp³-hybridized carbons (Fsp3) is 0.111. The topological polar surface area (TPSA) is 78.4 Å². The average molecular weight is 343 g/mol. The number of hydrogen-bond acceptors (Lipinski definition) is 3. The van der Waals surface area contributed by atoms with Crippen molar-refractivity contribution >= 4 is 29.1 Å². The number of benzene rings is 2. The second-order valence-electron chi connectivity index (χ2n) is 5.45. The second kappa shape index (κ2) is 6.37. The molecular weight excluding hydrogens is 328 g/mol. The van der Waals surface area contributed by atoms with Crippen molar-refractivity contribution < 1.29 is 14.7 Å². The lowest BCUT2D eigenvalue weighted by molar-refractivity contribution is -0.113. The zero-order valence-corrected chi connectivity index (χ0v) is 13.6. The van der Waals surface area contributed by atoms with Crippen LogP contribution in [0.25, 0.3) is 5.70 Å². The van der Waals surface area contributed by atoms with E-state index in [0.717, 1.165) is 5.56 Å². The van der Waals surface area contributed by atoms with E-state index in [1.807, 2.05) is 30.3 Å². The van der Waals surface area contributed by atoms with Gasteiger partial charge in [0.05, 0.1) is 16.8 Å². The molecule has 3 N–H and O–H groups in total. The number of carbonyl (C=O) groups excluding carboxylic acids is 2. The van der Waals surface area contributed by atoms with Crippen LogP contribution in [0.15, 0.2) is 54.1 Å². The van der Waals surface area contributed by atoms with Crippen LogP contribution in [-0.4, -0.2) is 16.9 Å². The maximum atomic E-state index is 12.3. The number of Topliss-reactive ketones (excluding diaryl/α,β-unsaturated/α-hetero) is 1. The molecule has 5 nitrogen and oxygen atoms in total. The van der Waals surface area contributed by atoms with Crippen molar-refractivity contribution in [2.24, 2.45) is 0 Å². The molecular formula is C18H15ClN2O3. The third kappa shape index (κ3) is 2.98. The Kier molecular flexibility index (Phi) is 4.27. The van der Waals surface area contributed by atoms with E-state index in [1.54, 1.807) is 12.1 Å². The minimum absolute atomic E-state index is 0.0580. The van der Waals surface area contributed by atoms with Crippen molar-refractivity contribution in [2.45, 2.75) is 13.0 Å². The first-order chi connectivity index (χ1) is 11.5. The van der Waals surface area contributed by atoms with Gasteiger partial charge in [-0.05, 0) is 30.2 Å². The van der Waals surface area contributed by atoms with Crippen molar-refractivity contribution in [3.05, 3.63) is 70.3 Å². The summed E-state index contributed by atoms with van der Waals surface area (Å²) in [5, 5.41) is 15.2. The van der Waals surface area contributed by atoms with E-state index >= 15 is 0 Å². The summed E-state index contributed by atoms with van der Waals surface area (Å²) in [5.74, 6) is -0.229. The molecule has 3 rings (SSSR count). The maximum Gasteiger partial charge on any atom is 0.320 e. The third-order valence-electron chi connectivity index (χ3n) is 3.82. The molecule has 0 spiro atoms. The summed E-state index contributed by atoms with van der Waals surface area (Å²) in [7, 11) is 0. The molecule has 2 amide bonds. The Morgan fingerprint density at radius 3 is 2.50 bits per heavy atom. The highest BCUT2D eigenvalue weighted by Crippen LogP contribution is 2.34. The molecule has 6 heteroatoms. The largest absolute Gasteiger partial charge is 0.506 e. The number of phenolic OH excluding ortho intramolecular Hbond substituents is 1. The number of amides is 2. The number of rotatable bonds is 3.